The monoisotopic (exact) mass is 275 g/mol. The highest BCUT2D eigenvalue weighted by Crippen LogP contribution is 2.33. The molecule has 0 amide bonds. The van der Waals surface area contributed by atoms with Crippen LogP contribution in [0.15, 0.2) is 18.2 Å². The summed E-state index contributed by atoms with van der Waals surface area (Å²) in [5, 5.41) is 2.94. The van der Waals surface area contributed by atoms with Crippen LogP contribution >= 0.6 is 0 Å². The Bertz CT molecular complexity index is 442. The van der Waals surface area contributed by atoms with Gasteiger partial charge in [0.1, 0.15) is 5.82 Å². The van der Waals surface area contributed by atoms with E-state index in [1.54, 1.807) is 0 Å². The van der Waals surface area contributed by atoms with Crippen molar-refractivity contribution in [1.82, 2.24) is 0 Å². The molecular weight excluding hydrogens is 258 g/mol. The van der Waals surface area contributed by atoms with E-state index in [1.807, 2.05) is 6.92 Å². The second kappa shape index (κ2) is 5.39. The number of anilines is 1. The van der Waals surface area contributed by atoms with Crippen LogP contribution in [0.1, 0.15) is 38.2 Å². The highest BCUT2D eigenvalue weighted by Gasteiger charge is 2.31. The topological polar surface area (TPSA) is 12.0 Å². The zero-order valence-electron chi connectivity index (χ0n) is 10.7. The SMILES string of the molecule is CC1CCCCC1Nc1cc(C(F)(F)F)ccc1F. The van der Waals surface area contributed by atoms with E-state index in [0.717, 1.165) is 43.9 Å². The third-order valence-corrected chi connectivity index (χ3v) is 3.75. The molecule has 1 nitrogen and oxygen atoms in total. The molecule has 1 aromatic rings. The maximum absolute atomic E-state index is 13.6. The summed E-state index contributed by atoms with van der Waals surface area (Å²) in [5.74, 6) is -0.284. The van der Waals surface area contributed by atoms with Crippen molar-refractivity contribution >= 4 is 5.69 Å². The Kier molecular flexibility index (Phi) is 4.02. The zero-order valence-corrected chi connectivity index (χ0v) is 10.7. The van der Waals surface area contributed by atoms with Crippen molar-refractivity contribution in [2.24, 2.45) is 5.92 Å². The molecule has 1 fully saturated rings. The Labute approximate surface area is 110 Å². The summed E-state index contributed by atoms with van der Waals surface area (Å²) >= 11 is 0. The molecule has 19 heavy (non-hydrogen) atoms. The highest BCUT2D eigenvalue weighted by atomic mass is 19.4. The molecule has 2 unspecified atom stereocenters. The number of nitrogens with one attached hydrogen (secondary N) is 1. The fourth-order valence-electron chi connectivity index (χ4n) is 2.54. The van der Waals surface area contributed by atoms with Gasteiger partial charge in [-0.05, 0) is 37.0 Å². The van der Waals surface area contributed by atoms with Gasteiger partial charge in [-0.25, -0.2) is 4.39 Å². The van der Waals surface area contributed by atoms with Gasteiger partial charge in [0.2, 0.25) is 0 Å². The van der Waals surface area contributed by atoms with Crippen LogP contribution in [0.4, 0.5) is 23.2 Å². The summed E-state index contributed by atoms with van der Waals surface area (Å²) in [6.07, 6.45) is -0.385. The number of alkyl halides is 3. The summed E-state index contributed by atoms with van der Waals surface area (Å²) in [6, 6.07) is 2.55. The van der Waals surface area contributed by atoms with Gasteiger partial charge in [0.25, 0.3) is 0 Å². The van der Waals surface area contributed by atoms with Gasteiger partial charge in [-0.2, -0.15) is 13.2 Å². The van der Waals surface area contributed by atoms with Crippen molar-refractivity contribution in [1.29, 1.82) is 0 Å². The van der Waals surface area contributed by atoms with E-state index in [9.17, 15) is 17.6 Å². The van der Waals surface area contributed by atoms with Crippen molar-refractivity contribution in [2.75, 3.05) is 5.32 Å². The third kappa shape index (κ3) is 3.39. The molecule has 1 aromatic carbocycles. The molecule has 0 radical (unpaired) electrons. The Morgan fingerprint density at radius 3 is 2.47 bits per heavy atom. The molecule has 0 heterocycles. The molecule has 1 saturated carbocycles. The van der Waals surface area contributed by atoms with E-state index < -0.39 is 17.6 Å². The normalized spacial score (nSPS) is 24.3. The molecule has 0 bridgehead atoms. The summed E-state index contributed by atoms with van der Waals surface area (Å²) in [4.78, 5) is 0. The predicted molar refractivity (Wildman–Crippen MR) is 66.4 cm³/mol. The minimum absolute atomic E-state index is 0.0476. The van der Waals surface area contributed by atoms with Gasteiger partial charge in [-0.3, -0.25) is 0 Å². The van der Waals surface area contributed by atoms with Gasteiger partial charge < -0.3 is 5.32 Å². The average Bonchev–Trinajstić information content (AvgIpc) is 2.33. The first-order chi connectivity index (χ1) is 8.88. The number of rotatable bonds is 2. The summed E-state index contributed by atoms with van der Waals surface area (Å²) < 4.78 is 51.4. The predicted octanol–water partition coefficient (Wildman–Crippen LogP) is 4.84. The Morgan fingerprint density at radius 2 is 1.84 bits per heavy atom. The van der Waals surface area contributed by atoms with Crippen molar-refractivity contribution in [3.05, 3.63) is 29.6 Å². The van der Waals surface area contributed by atoms with Crippen LogP contribution in [0, 0.1) is 11.7 Å². The lowest BCUT2D eigenvalue weighted by Crippen LogP contribution is -2.30. The van der Waals surface area contributed by atoms with Crippen molar-refractivity contribution in [2.45, 2.75) is 44.8 Å². The van der Waals surface area contributed by atoms with Crippen LogP contribution in [-0.4, -0.2) is 6.04 Å². The molecular formula is C14H17F4N. The van der Waals surface area contributed by atoms with Gasteiger partial charge in [0.15, 0.2) is 0 Å². The third-order valence-electron chi connectivity index (χ3n) is 3.75. The number of hydrogen-bond donors (Lipinski definition) is 1. The molecule has 106 valence electrons. The van der Waals surface area contributed by atoms with E-state index in [-0.39, 0.29) is 11.7 Å². The van der Waals surface area contributed by atoms with Gasteiger partial charge in [-0.15, -0.1) is 0 Å². The average molecular weight is 275 g/mol. The highest BCUT2D eigenvalue weighted by molar-refractivity contribution is 5.49. The Balaban J connectivity index is 2.19. The number of hydrogen-bond acceptors (Lipinski definition) is 1. The van der Waals surface area contributed by atoms with Gasteiger partial charge in [0.05, 0.1) is 11.3 Å². The molecule has 1 aliphatic rings. The quantitative estimate of drug-likeness (QED) is 0.762. The van der Waals surface area contributed by atoms with Crippen molar-refractivity contribution < 1.29 is 17.6 Å². The molecule has 2 rings (SSSR count). The maximum atomic E-state index is 13.6. The lowest BCUT2D eigenvalue weighted by atomic mass is 9.86. The van der Waals surface area contributed by atoms with E-state index in [4.69, 9.17) is 0 Å². The molecule has 5 heteroatoms. The van der Waals surface area contributed by atoms with Gasteiger partial charge in [-0.1, -0.05) is 19.8 Å². The van der Waals surface area contributed by atoms with Gasteiger partial charge >= 0.3 is 6.18 Å². The number of halogens is 4. The number of benzene rings is 1. The minimum Gasteiger partial charge on any atom is -0.380 e. The molecule has 1 N–H and O–H groups in total. The lowest BCUT2D eigenvalue weighted by Gasteiger charge is -2.30. The van der Waals surface area contributed by atoms with Crippen molar-refractivity contribution in [3.63, 3.8) is 0 Å². The second-order valence-corrected chi connectivity index (χ2v) is 5.20. The van der Waals surface area contributed by atoms with Crippen LogP contribution in [0.5, 0.6) is 0 Å². The fraction of sp³-hybridized carbons (Fsp3) is 0.571. The van der Waals surface area contributed by atoms with Crippen LogP contribution < -0.4 is 5.32 Å². The molecule has 0 aromatic heterocycles. The fourth-order valence-corrected chi connectivity index (χ4v) is 2.54. The molecule has 0 spiro atoms. The zero-order chi connectivity index (χ0) is 14.0. The first-order valence-corrected chi connectivity index (χ1v) is 6.51. The Hall–Kier alpha value is -1.26. The largest absolute Gasteiger partial charge is 0.416 e. The van der Waals surface area contributed by atoms with E-state index in [0.29, 0.717) is 5.92 Å². The van der Waals surface area contributed by atoms with Gasteiger partial charge in [0, 0.05) is 6.04 Å². The lowest BCUT2D eigenvalue weighted by molar-refractivity contribution is -0.137. The van der Waals surface area contributed by atoms with Crippen LogP contribution in [0.3, 0.4) is 0 Å². The van der Waals surface area contributed by atoms with Crippen molar-refractivity contribution in [3.8, 4) is 0 Å². The molecule has 0 saturated heterocycles. The van der Waals surface area contributed by atoms with Crippen LogP contribution in [-0.2, 0) is 6.18 Å². The minimum atomic E-state index is -4.44. The standard InChI is InChI=1S/C14H17F4N/c1-9-4-2-3-5-12(9)19-13-8-10(14(16,17)18)6-7-11(13)15/h6-9,12,19H,2-5H2,1H3. The summed E-state index contributed by atoms with van der Waals surface area (Å²) in [5.41, 5.74) is -0.867. The van der Waals surface area contributed by atoms with E-state index in [1.165, 1.54) is 0 Å². The molecule has 0 aliphatic heterocycles. The maximum Gasteiger partial charge on any atom is 0.416 e. The molecule has 2 atom stereocenters. The van der Waals surface area contributed by atoms with Crippen LogP contribution in [0.25, 0.3) is 0 Å². The molecule has 1 aliphatic carbocycles. The van der Waals surface area contributed by atoms with Crippen LogP contribution in [0.2, 0.25) is 0 Å². The summed E-state index contributed by atoms with van der Waals surface area (Å²) in [6.45, 7) is 2.04. The first kappa shape index (κ1) is 14.2. The van der Waals surface area contributed by atoms with E-state index >= 15 is 0 Å². The summed E-state index contributed by atoms with van der Waals surface area (Å²) in [7, 11) is 0. The first-order valence-electron chi connectivity index (χ1n) is 6.51. The Morgan fingerprint density at radius 1 is 1.16 bits per heavy atom. The second-order valence-electron chi connectivity index (χ2n) is 5.20. The smallest absolute Gasteiger partial charge is 0.380 e. The van der Waals surface area contributed by atoms with E-state index in [2.05, 4.69) is 5.32 Å².